The Bertz CT molecular complexity index is 1070. The van der Waals surface area contributed by atoms with Crippen LogP contribution in [0.3, 0.4) is 0 Å². The fraction of sp³-hybridized carbons (Fsp3) is 0.292. The molecule has 0 aliphatic rings. The first kappa shape index (κ1) is 28.0. The molecule has 0 aliphatic carbocycles. The summed E-state index contributed by atoms with van der Waals surface area (Å²) in [6.07, 6.45) is 3.58. The van der Waals surface area contributed by atoms with Gasteiger partial charge >= 0.3 is 0 Å². The molecule has 1 atom stereocenters. The number of hydrogen-bond donors (Lipinski definition) is 4. The van der Waals surface area contributed by atoms with Crippen molar-refractivity contribution in [2.45, 2.75) is 38.1 Å². The number of amides is 2. The van der Waals surface area contributed by atoms with Crippen LogP contribution in [0, 0.1) is 0 Å². The lowest BCUT2D eigenvalue weighted by Gasteiger charge is -2.14. The number of likely N-dealkylation sites (N-methyl/N-ethyl adjacent to an activating group) is 1. The van der Waals surface area contributed by atoms with Crippen molar-refractivity contribution in [2.75, 3.05) is 12.4 Å². The highest BCUT2D eigenvalue weighted by Gasteiger charge is 2.17. The molecule has 0 aliphatic heterocycles. The number of thiazole rings is 1. The molecular formula is C24H28N4O5S2. The smallest absolute Gasteiger partial charge is 0.243 e. The molecule has 0 saturated carbocycles. The highest BCUT2D eigenvalue weighted by atomic mass is 32.1. The van der Waals surface area contributed by atoms with Gasteiger partial charge in [-0.1, -0.05) is 49.2 Å². The number of carbonyl (C=O) groups excluding carboxylic acids is 4. The monoisotopic (exact) mass is 516 g/mol. The number of ketones is 1. The van der Waals surface area contributed by atoms with Gasteiger partial charge in [0.15, 0.2) is 11.4 Å². The first-order valence-electron chi connectivity index (χ1n) is 10.9. The van der Waals surface area contributed by atoms with Gasteiger partial charge in [0.1, 0.15) is 0 Å². The van der Waals surface area contributed by atoms with Gasteiger partial charge in [0.05, 0.1) is 16.6 Å². The largest absolute Gasteiger partial charge is 0.309 e. The van der Waals surface area contributed by atoms with Crippen LogP contribution < -0.4 is 16.1 Å². The number of carbonyl (C=O) groups is 4. The zero-order chi connectivity index (χ0) is 25.5. The van der Waals surface area contributed by atoms with E-state index in [1.54, 1.807) is 30.0 Å². The Morgan fingerprint density at radius 1 is 1.06 bits per heavy atom. The van der Waals surface area contributed by atoms with Crippen LogP contribution in [-0.2, 0) is 14.4 Å². The van der Waals surface area contributed by atoms with E-state index in [2.05, 4.69) is 15.6 Å². The van der Waals surface area contributed by atoms with Crippen molar-refractivity contribution >= 4 is 51.7 Å². The molecule has 35 heavy (non-hydrogen) atoms. The van der Waals surface area contributed by atoms with E-state index in [4.69, 9.17) is 5.21 Å². The number of benzene rings is 1. The first-order chi connectivity index (χ1) is 17.0. The van der Waals surface area contributed by atoms with Crippen molar-refractivity contribution < 1.29 is 24.4 Å². The summed E-state index contributed by atoms with van der Waals surface area (Å²) in [5.41, 5.74) is 3.47. The number of nitrogens with one attached hydrogen (secondary N) is 3. The first-order valence-corrected chi connectivity index (χ1v) is 12.7. The summed E-state index contributed by atoms with van der Waals surface area (Å²) in [6.45, 7) is 0. The number of Topliss-reactive ketones (excluding diaryl/α,β-unsaturated/α-hetero) is 1. The minimum absolute atomic E-state index is 0.116. The van der Waals surface area contributed by atoms with E-state index >= 15 is 0 Å². The predicted molar refractivity (Wildman–Crippen MR) is 137 cm³/mol. The Hall–Kier alpha value is -3.25. The Morgan fingerprint density at radius 2 is 1.83 bits per heavy atom. The van der Waals surface area contributed by atoms with Crippen LogP contribution in [0.25, 0.3) is 11.3 Å². The quantitative estimate of drug-likeness (QED) is 0.0715. The number of aromatic nitrogens is 1. The average molecular weight is 517 g/mol. The Kier molecular flexibility index (Phi) is 12.5. The maximum Gasteiger partial charge on any atom is 0.243 e. The van der Waals surface area contributed by atoms with Crippen LogP contribution >= 0.6 is 22.7 Å². The highest BCUT2D eigenvalue weighted by Crippen LogP contribution is 2.24. The molecule has 2 amide bonds. The third kappa shape index (κ3) is 9.87. The molecular weight excluding hydrogens is 488 g/mol. The summed E-state index contributed by atoms with van der Waals surface area (Å²) >= 11 is 2.67. The standard InChI is InChI=1S/C18H24N4O3S.C6H4O2S/c1-19-14(10-6-3-7-11-16(23)22-25)17(24)21-18-20-15(12-26-18)13-8-4-2-5-9-13;7-4-5(8)6-2-1-3-9-6/h2,4-5,8-9,12,14,19,25H,3,6-7,10-11H2,1H3,(H,22,23)(H,20,21,24);1-4H/t14-;/m0./s1. The molecule has 0 radical (unpaired) electrons. The molecule has 1 aromatic carbocycles. The number of hydroxylamine groups is 1. The summed E-state index contributed by atoms with van der Waals surface area (Å²) in [6, 6.07) is 12.9. The fourth-order valence-corrected chi connectivity index (χ4v) is 4.36. The van der Waals surface area contributed by atoms with E-state index < -0.39 is 5.78 Å². The summed E-state index contributed by atoms with van der Waals surface area (Å²) in [5, 5.41) is 18.6. The van der Waals surface area contributed by atoms with E-state index in [1.165, 1.54) is 22.7 Å². The Morgan fingerprint density at radius 3 is 2.46 bits per heavy atom. The Balaban J connectivity index is 0.000000402. The van der Waals surface area contributed by atoms with Gasteiger partial charge in [-0.3, -0.25) is 24.4 Å². The number of anilines is 1. The predicted octanol–water partition coefficient (Wildman–Crippen LogP) is 3.92. The fourth-order valence-electron chi connectivity index (χ4n) is 3.02. The van der Waals surface area contributed by atoms with Crippen molar-refractivity contribution in [1.29, 1.82) is 0 Å². The molecule has 9 nitrogen and oxygen atoms in total. The normalized spacial score (nSPS) is 11.0. The van der Waals surface area contributed by atoms with Crippen molar-refractivity contribution in [1.82, 2.24) is 15.8 Å². The van der Waals surface area contributed by atoms with Crippen LogP contribution in [-0.4, -0.2) is 47.2 Å². The third-order valence-corrected chi connectivity index (χ3v) is 6.50. The molecule has 0 spiro atoms. The molecule has 0 bridgehead atoms. The van der Waals surface area contributed by atoms with Crippen molar-refractivity contribution in [3.63, 3.8) is 0 Å². The number of unbranched alkanes of at least 4 members (excludes halogenated alkanes) is 2. The molecule has 186 valence electrons. The van der Waals surface area contributed by atoms with E-state index in [0.717, 1.165) is 24.1 Å². The molecule has 0 saturated heterocycles. The van der Waals surface area contributed by atoms with E-state index in [1.807, 2.05) is 35.7 Å². The molecule has 0 fully saturated rings. The van der Waals surface area contributed by atoms with Crippen LogP contribution in [0.1, 0.15) is 41.8 Å². The van der Waals surface area contributed by atoms with Gasteiger partial charge in [0.2, 0.25) is 17.6 Å². The van der Waals surface area contributed by atoms with E-state index in [0.29, 0.717) is 29.1 Å². The minimum Gasteiger partial charge on any atom is -0.309 e. The van der Waals surface area contributed by atoms with Crippen molar-refractivity contribution in [3.05, 3.63) is 58.1 Å². The maximum absolute atomic E-state index is 12.4. The molecule has 4 N–H and O–H groups in total. The number of thiophene rings is 1. The second-order valence-corrected chi connectivity index (χ2v) is 9.13. The summed E-state index contributed by atoms with van der Waals surface area (Å²) in [7, 11) is 1.75. The topological polar surface area (TPSA) is 137 Å². The van der Waals surface area contributed by atoms with Gasteiger partial charge in [0.25, 0.3) is 0 Å². The van der Waals surface area contributed by atoms with E-state index in [-0.39, 0.29) is 24.3 Å². The second-order valence-electron chi connectivity index (χ2n) is 7.33. The van der Waals surface area contributed by atoms with Crippen molar-refractivity contribution in [2.24, 2.45) is 0 Å². The lowest BCUT2D eigenvalue weighted by molar-refractivity contribution is -0.129. The zero-order valence-electron chi connectivity index (χ0n) is 19.2. The summed E-state index contributed by atoms with van der Waals surface area (Å²) < 4.78 is 0. The molecule has 3 aromatic rings. The van der Waals surface area contributed by atoms with Crippen LogP contribution in [0.4, 0.5) is 5.13 Å². The second kappa shape index (κ2) is 15.6. The van der Waals surface area contributed by atoms with Gasteiger partial charge in [-0.15, -0.1) is 22.7 Å². The molecule has 2 aromatic heterocycles. The summed E-state index contributed by atoms with van der Waals surface area (Å²) in [5.74, 6) is -0.939. The van der Waals surface area contributed by atoms with Gasteiger partial charge in [-0.05, 0) is 31.3 Å². The zero-order valence-corrected chi connectivity index (χ0v) is 20.9. The number of rotatable bonds is 12. The maximum atomic E-state index is 12.4. The highest BCUT2D eigenvalue weighted by molar-refractivity contribution is 7.14. The van der Waals surface area contributed by atoms with Crippen LogP contribution in [0.5, 0.6) is 0 Å². The van der Waals surface area contributed by atoms with Crippen molar-refractivity contribution in [3.8, 4) is 11.3 Å². The number of nitrogens with zero attached hydrogens (tertiary/aromatic N) is 1. The lowest BCUT2D eigenvalue weighted by Crippen LogP contribution is -2.38. The Labute approximate surface area is 211 Å². The van der Waals surface area contributed by atoms with Gasteiger partial charge in [-0.2, -0.15) is 0 Å². The molecule has 11 heteroatoms. The van der Waals surface area contributed by atoms with Gasteiger partial charge in [-0.25, -0.2) is 10.5 Å². The third-order valence-electron chi connectivity index (χ3n) is 4.86. The SMILES string of the molecule is CN[C@@H](CCCCCC(=O)NO)C(=O)Nc1nc(-c2ccccc2)cs1.O=CC(=O)c1cccs1. The number of aldehydes is 1. The van der Waals surface area contributed by atoms with Crippen LogP contribution in [0.15, 0.2) is 53.2 Å². The lowest BCUT2D eigenvalue weighted by atomic mass is 10.1. The van der Waals surface area contributed by atoms with Gasteiger partial charge in [0, 0.05) is 17.4 Å². The number of hydrogen-bond acceptors (Lipinski definition) is 9. The molecule has 3 rings (SSSR count). The van der Waals surface area contributed by atoms with Gasteiger partial charge < -0.3 is 10.6 Å². The summed E-state index contributed by atoms with van der Waals surface area (Å²) in [4.78, 5) is 48.7. The van der Waals surface area contributed by atoms with E-state index in [9.17, 15) is 19.2 Å². The van der Waals surface area contributed by atoms with Crippen LogP contribution in [0.2, 0.25) is 0 Å². The molecule has 2 heterocycles. The minimum atomic E-state index is -0.440. The average Bonchev–Trinajstić information content (AvgIpc) is 3.59. The molecule has 0 unspecified atom stereocenters.